The lowest BCUT2D eigenvalue weighted by Crippen LogP contribution is -3.11. The lowest BCUT2D eigenvalue weighted by molar-refractivity contribution is -0.896. The van der Waals surface area contributed by atoms with Crippen LogP contribution < -0.4 is 29.9 Å². The van der Waals surface area contributed by atoms with Crippen molar-refractivity contribution < 1.29 is 24.0 Å². The maximum atomic E-state index is 12.5. The van der Waals surface area contributed by atoms with Gasteiger partial charge in [0.1, 0.15) is 13.2 Å². The summed E-state index contributed by atoms with van der Waals surface area (Å²) < 4.78 is 11.1. The number of fused-ring (bicyclic) bond motifs is 1. The van der Waals surface area contributed by atoms with Gasteiger partial charge in [-0.1, -0.05) is 0 Å². The number of rotatable bonds is 9. The fraction of sp³-hybridized carbons (Fsp3) is 0.636. The molecule has 166 valence electrons. The summed E-state index contributed by atoms with van der Waals surface area (Å²) in [5.41, 5.74) is 0.765. The van der Waals surface area contributed by atoms with Crippen molar-refractivity contribution in [1.82, 2.24) is 10.6 Å². The van der Waals surface area contributed by atoms with E-state index in [9.17, 15) is 9.59 Å². The number of benzene rings is 1. The summed E-state index contributed by atoms with van der Waals surface area (Å²) in [5.74, 6) is 1.34. The summed E-state index contributed by atoms with van der Waals surface area (Å²) in [5, 5.41) is 5.95. The van der Waals surface area contributed by atoms with Gasteiger partial charge in [0.25, 0.3) is 0 Å². The second-order valence-electron chi connectivity index (χ2n) is 8.10. The molecule has 1 aromatic carbocycles. The van der Waals surface area contributed by atoms with Crippen LogP contribution in [0.15, 0.2) is 18.2 Å². The van der Waals surface area contributed by atoms with Crippen molar-refractivity contribution >= 4 is 17.6 Å². The van der Waals surface area contributed by atoms with Crippen LogP contribution in [0.4, 0.5) is 10.5 Å². The fourth-order valence-corrected chi connectivity index (χ4v) is 4.04. The Morgan fingerprint density at radius 3 is 2.70 bits per heavy atom. The van der Waals surface area contributed by atoms with E-state index in [4.69, 9.17) is 9.47 Å². The summed E-state index contributed by atoms with van der Waals surface area (Å²) in [4.78, 5) is 28.1. The standard InChI is InChI=1S/C22H34N4O4/c1-4-25(5-2)10-6-7-16(3)23-22(28)24-17-13-21(27)26(15-17)18-8-9-19-20(14-18)30-12-11-29-19/h8-9,14,16-17H,4-7,10-13,15H2,1-3H3,(H2,23,24,28)/p+1/t16-,17-/m1/s1. The maximum Gasteiger partial charge on any atom is 0.315 e. The molecule has 2 heterocycles. The average Bonchev–Trinajstić information content (AvgIpc) is 3.10. The molecule has 0 bridgehead atoms. The highest BCUT2D eigenvalue weighted by Crippen LogP contribution is 2.35. The second kappa shape index (κ2) is 10.5. The number of nitrogens with one attached hydrogen (secondary N) is 3. The number of nitrogens with zero attached hydrogens (tertiary/aromatic N) is 1. The van der Waals surface area contributed by atoms with Crippen LogP contribution in [0.25, 0.3) is 0 Å². The van der Waals surface area contributed by atoms with Gasteiger partial charge < -0.3 is 29.9 Å². The molecule has 2 aliphatic rings. The van der Waals surface area contributed by atoms with Gasteiger partial charge in [0, 0.05) is 30.8 Å². The zero-order valence-corrected chi connectivity index (χ0v) is 18.3. The van der Waals surface area contributed by atoms with E-state index in [1.165, 1.54) is 0 Å². The van der Waals surface area contributed by atoms with Gasteiger partial charge in [-0.2, -0.15) is 0 Å². The lowest BCUT2D eigenvalue weighted by Gasteiger charge is -2.22. The Morgan fingerprint density at radius 1 is 1.23 bits per heavy atom. The molecule has 0 radical (unpaired) electrons. The van der Waals surface area contributed by atoms with Gasteiger partial charge in [-0.15, -0.1) is 0 Å². The van der Waals surface area contributed by atoms with Crippen LogP contribution in [0.1, 0.15) is 40.0 Å². The van der Waals surface area contributed by atoms with Crippen LogP contribution in [0.5, 0.6) is 11.5 Å². The van der Waals surface area contributed by atoms with Gasteiger partial charge in [-0.3, -0.25) is 4.79 Å². The molecule has 0 unspecified atom stereocenters. The number of carbonyl (C=O) groups excluding carboxylic acids is 2. The van der Waals surface area contributed by atoms with Gasteiger partial charge in [-0.05, 0) is 45.7 Å². The normalized spacial score (nSPS) is 19.1. The molecule has 1 saturated heterocycles. The van der Waals surface area contributed by atoms with Crippen molar-refractivity contribution in [2.24, 2.45) is 0 Å². The second-order valence-corrected chi connectivity index (χ2v) is 8.10. The molecule has 30 heavy (non-hydrogen) atoms. The van der Waals surface area contributed by atoms with Crippen molar-refractivity contribution in [3.63, 3.8) is 0 Å². The smallest absolute Gasteiger partial charge is 0.315 e. The summed E-state index contributed by atoms with van der Waals surface area (Å²) >= 11 is 0. The molecule has 0 aliphatic carbocycles. The van der Waals surface area contributed by atoms with Crippen molar-refractivity contribution in [2.75, 3.05) is 44.3 Å². The Balaban J connectivity index is 1.45. The highest BCUT2D eigenvalue weighted by molar-refractivity contribution is 5.97. The third-order valence-electron chi connectivity index (χ3n) is 5.84. The van der Waals surface area contributed by atoms with E-state index in [0.29, 0.717) is 37.7 Å². The Morgan fingerprint density at radius 2 is 1.97 bits per heavy atom. The Labute approximate surface area is 178 Å². The van der Waals surface area contributed by atoms with E-state index in [1.54, 1.807) is 9.80 Å². The van der Waals surface area contributed by atoms with Crippen molar-refractivity contribution in [2.45, 2.75) is 52.1 Å². The van der Waals surface area contributed by atoms with E-state index >= 15 is 0 Å². The Kier molecular flexibility index (Phi) is 7.79. The third-order valence-corrected chi connectivity index (χ3v) is 5.84. The molecule has 1 aromatic rings. The number of hydrogen-bond donors (Lipinski definition) is 3. The maximum absolute atomic E-state index is 12.5. The average molecular weight is 420 g/mol. The van der Waals surface area contributed by atoms with Crippen LogP contribution in [0.3, 0.4) is 0 Å². The van der Waals surface area contributed by atoms with Crippen LogP contribution in [0.2, 0.25) is 0 Å². The molecule has 8 heteroatoms. The molecule has 1 fully saturated rings. The monoisotopic (exact) mass is 419 g/mol. The van der Waals surface area contributed by atoms with Crippen LogP contribution in [-0.4, -0.2) is 63.4 Å². The summed E-state index contributed by atoms with van der Waals surface area (Å²) in [6, 6.07) is 5.19. The minimum Gasteiger partial charge on any atom is -0.486 e. The van der Waals surface area contributed by atoms with Gasteiger partial charge in [0.05, 0.1) is 25.7 Å². The van der Waals surface area contributed by atoms with Crippen LogP contribution >= 0.6 is 0 Å². The molecule has 3 N–H and O–H groups in total. The van der Waals surface area contributed by atoms with Crippen molar-refractivity contribution in [3.8, 4) is 11.5 Å². The zero-order chi connectivity index (χ0) is 21.5. The highest BCUT2D eigenvalue weighted by Gasteiger charge is 2.32. The Bertz CT molecular complexity index is 738. The van der Waals surface area contributed by atoms with Crippen LogP contribution in [-0.2, 0) is 4.79 Å². The molecule has 3 rings (SSSR count). The first-order chi connectivity index (χ1) is 14.5. The molecule has 3 amide bonds. The molecular weight excluding hydrogens is 384 g/mol. The van der Waals surface area contributed by atoms with E-state index in [2.05, 4.69) is 24.5 Å². The number of hydrogen-bond acceptors (Lipinski definition) is 4. The largest absolute Gasteiger partial charge is 0.486 e. The first kappa shape index (κ1) is 22.2. The zero-order valence-electron chi connectivity index (χ0n) is 18.3. The summed E-state index contributed by atoms with van der Waals surface area (Å²) in [7, 11) is 0. The van der Waals surface area contributed by atoms with Gasteiger partial charge in [0.15, 0.2) is 11.5 Å². The molecule has 2 atom stereocenters. The lowest BCUT2D eigenvalue weighted by atomic mass is 10.2. The summed E-state index contributed by atoms with van der Waals surface area (Å²) in [6.07, 6.45) is 2.32. The van der Waals surface area contributed by atoms with Gasteiger partial charge in [0.2, 0.25) is 5.91 Å². The molecule has 0 saturated carbocycles. The third kappa shape index (κ3) is 5.78. The molecule has 8 nitrogen and oxygen atoms in total. The number of anilines is 1. The molecule has 0 aromatic heterocycles. The number of ether oxygens (including phenoxy) is 2. The minimum absolute atomic E-state index is 0.00720. The predicted molar refractivity (Wildman–Crippen MR) is 115 cm³/mol. The number of quaternary nitrogens is 1. The van der Waals surface area contributed by atoms with Crippen LogP contribution in [0, 0.1) is 0 Å². The highest BCUT2D eigenvalue weighted by atomic mass is 16.6. The summed E-state index contributed by atoms with van der Waals surface area (Å²) in [6.45, 7) is 11.3. The number of amides is 3. The molecular formula is C22H35N4O4+. The van der Waals surface area contributed by atoms with E-state index in [1.807, 2.05) is 25.1 Å². The predicted octanol–water partition coefficient (Wildman–Crippen LogP) is 0.956. The topological polar surface area (TPSA) is 84.3 Å². The van der Waals surface area contributed by atoms with Crippen molar-refractivity contribution in [1.29, 1.82) is 0 Å². The number of carbonyl (C=O) groups is 2. The first-order valence-corrected chi connectivity index (χ1v) is 11.1. The minimum atomic E-state index is -0.210. The fourth-order valence-electron chi connectivity index (χ4n) is 4.04. The molecule has 2 aliphatic heterocycles. The SMILES string of the molecule is CC[NH+](CC)CCC[C@@H](C)NC(=O)N[C@@H]1CC(=O)N(c2ccc3c(c2)OCCO3)C1. The van der Waals surface area contributed by atoms with E-state index < -0.39 is 0 Å². The van der Waals surface area contributed by atoms with Gasteiger partial charge >= 0.3 is 6.03 Å². The van der Waals surface area contributed by atoms with Crippen molar-refractivity contribution in [3.05, 3.63) is 18.2 Å². The quantitative estimate of drug-likeness (QED) is 0.557. The molecule has 0 spiro atoms. The Hall–Kier alpha value is -2.48. The first-order valence-electron chi connectivity index (χ1n) is 11.1. The number of urea groups is 1. The van der Waals surface area contributed by atoms with E-state index in [-0.39, 0.29) is 24.0 Å². The van der Waals surface area contributed by atoms with Gasteiger partial charge in [-0.25, -0.2) is 4.79 Å². The van der Waals surface area contributed by atoms with E-state index in [0.717, 1.165) is 38.2 Å².